The summed E-state index contributed by atoms with van der Waals surface area (Å²) in [6, 6.07) is 0. The maximum absolute atomic E-state index is 12.0. The van der Waals surface area contributed by atoms with Crippen LogP contribution in [0.5, 0.6) is 0 Å². The molecule has 0 aromatic rings. The van der Waals surface area contributed by atoms with Crippen LogP contribution in [0.1, 0.15) is 53.4 Å². The van der Waals surface area contributed by atoms with Gasteiger partial charge in [-0.25, -0.2) is 4.79 Å². The molecular weight excluding hydrogens is 296 g/mol. The molecule has 0 bridgehead atoms. The van der Waals surface area contributed by atoms with E-state index in [-0.39, 0.29) is 27.9 Å². The van der Waals surface area contributed by atoms with Gasteiger partial charge < -0.3 is 9.53 Å². The average molecular weight is 324 g/mol. The van der Waals surface area contributed by atoms with Crippen molar-refractivity contribution in [3.8, 4) is 0 Å². The molecular formula is C17H28O4Si. The predicted octanol–water partition coefficient (Wildman–Crippen LogP) is 3.92. The number of carbonyl (C=O) groups excluding carboxylic acids is 1. The molecule has 0 unspecified atom stereocenters. The van der Waals surface area contributed by atoms with Crippen molar-refractivity contribution in [1.82, 2.24) is 0 Å². The molecule has 22 heavy (non-hydrogen) atoms. The number of rotatable bonds is 3. The van der Waals surface area contributed by atoms with Crippen LogP contribution in [-0.4, -0.2) is 31.3 Å². The van der Waals surface area contributed by atoms with E-state index in [1.807, 2.05) is 0 Å². The smallest absolute Gasteiger partial charge is 0.339 e. The van der Waals surface area contributed by atoms with Gasteiger partial charge in [-0.3, -0.25) is 4.79 Å². The predicted molar refractivity (Wildman–Crippen MR) is 88.3 cm³/mol. The molecule has 0 spiro atoms. The first-order valence-corrected chi connectivity index (χ1v) is 11.0. The zero-order chi connectivity index (χ0) is 16.9. The van der Waals surface area contributed by atoms with E-state index in [4.69, 9.17) is 4.43 Å². The van der Waals surface area contributed by atoms with E-state index in [9.17, 15) is 14.7 Å². The van der Waals surface area contributed by atoms with Gasteiger partial charge in [0.15, 0.2) is 14.1 Å². The maximum Gasteiger partial charge on any atom is 0.339 e. The zero-order valence-electron chi connectivity index (χ0n) is 14.6. The average Bonchev–Trinajstić information content (AvgIpc) is 2.65. The first-order chi connectivity index (χ1) is 9.90. The third kappa shape index (κ3) is 2.69. The van der Waals surface area contributed by atoms with Crippen molar-refractivity contribution in [2.45, 2.75) is 77.6 Å². The Bertz CT molecular complexity index is 541. The van der Waals surface area contributed by atoms with Crippen LogP contribution in [0.4, 0.5) is 0 Å². The molecule has 2 rings (SSSR count). The van der Waals surface area contributed by atoms with E-state index < -0.39 is 14.3 Å². The van der Waals surface area contributed by atoms with Crippen molar-refractivity contribution in [2.24, 2.45) is 5.41 Å². The molecule has 4 nitrogen and oxygen atoms in total. The van der Waals surface area contributed by atoms with E-state index in [1.165, 1.54) is 0 Å². The number of hydrogen-bond donors (Lipinski definition) is 1. The number of carbonyl (C=O) groups is 2. The third-order valence-corrected chi connectivity index (χ3v) is 10.5. The molecule has 2 aliphatic carbocycles. The van der Waals surface area contributed by atoms with Gasteiger partial charge in [0.05, 0.1) is 6.10 Å². The molecule has 0 saturated heterocycles. The molecule has 1 fully saturated rings. The van der Waals surface area contributed by atoms with Gasteiger partial charge in [0.2, 0.25) is 0 Å². The minimum atomic E-state index is -1.91. The molecule has 1 N–H and O–H groups in total. The lowest BCUT2D eigenvalue weighted by atomic mass is 9.71. The summed E-state index contributed by atoms with van der Waals surface area (Å²) in [5, 5.41) is 9.53. The van der Waals surface area contributed by atoms with E-state index in [0.717, 1.165) is 12.0 Å². The molecule has 0 radical (unpaired) electrons. The van der Waals surface area contributed by atoms with Gasteiger partial charge >= 0.3 is 5.97 Å². The van der Waals surface area contributed by atoms with E-state index in [2.05, 4.69) is 40.8 Å². The Morgan fingerprint density at radius 3 is 2.41 bits per heavy atom. The van der Waals surface area contributed by atoms with Gasteiger partial charge in [0, 0.05) is 11.8 Å². The molecule has 0 aliphatic heterocycles. The van der Waals surface area contributed by atoms with Crippen molar-refractivity contribution < 1.29 is 19.1 Å². The van der Waals surface area contributed by atoms with Crippen molar-refractivity contribution in [2.75, 3.05) is 0 Å². The zero-order valence-corrected chi connectivity index (χ0v) is 15.6. The molecule has 5 heteroatoms. The Hall–Kier alpha value is -0.943. The van der Waals surface area contributed by atoms with Crippen LogP contribution in [0.2, 0.25) is 18.1 Å². The summed E-state index contributed by atoms with van der Waals surface area (Å²) < 4.78 is 6.60. The summed E-state index contributed by atoms with van der Waals surface area (Å²) in [5.41, 5.74) is 0.562. The van der Waals surface area contributed by atoms with Gasteiger partial charge in [-0.1, -0.05) is 27.7 Å². The van der Waals surface area contributed by atoms with Crippen LogP contribution in [0, 0.1) is 5.41 Å². The van der Waals surface area contributed by atoms with Crippen LogP contribution < -0.4 is 0 Å². The van der Waals surface area contributed by atoms with E-state index in [1.54, 1.807) is 0 Å². The minimum absolute atomic E-state index is 0.0332. The second kappa shape index (κ2) is 5.30. The molecule has 0 aromatic heterocycles. The van der Waals surface area contributed by atoms with Crippen molar-refractivity contribution in [1.29, 1.82) is 0 Å². The standard InChI is InChI=1S/C17H28O4Si/c1-16(2,3)22(5,6)21-13-8-7-11-14(15(19)20)12(18)9-10-17(11,13)4/h13H,7-10H2,1-6H3,(H,19,20)/t13-,17-/m1/s1. The number of hydrogen-bond acceptors (Lipinski definition) is 3. The second-order valence-electron chi connectivity index (χ2n) is 8.40. The summed E-state index contributed by atoms with van der Waals surface area (Å²) in [6.45, 7) is 13.2. The van der Waals surface area contributed by atoms with E-state index in [0.29, 0.717) is 19.3 Å². The highest BCUT2D eigenvalue weighted by atomic mass is 28.4. The van der Waals surface area contributed by atoms with Gasteiger partial charge in [-0.05, 0) is 43.0 Å². The lowest BCUT2D eigenvalue weighted by molar-refractivity contribution is -0.135. The Balaban J connectivity index is 2.37. The van der Waals surface area contributed by atoms with Crippen LogP contribution in [0.3, 0.4) is 0 Å². The first-order valence-electron chi connectivity index (χ1n) is 8.08. The summed E-state index contributed by atoms with van der Waals surface area (Å²) in [7, 11) is -1.91. The largest absolute Gasteiger partial charge is 0.478 e. The number of ketones is 1. The second-order valence-corrected chi connectivity index (χ2v) is 13.2. The van der Waals surface area contributed by atoms with Crippen LogP contribution in [0.15, 0.2) is 11.1 Å². The summed E-state index contributed by atoms with van der Waals surface area (Å²) in [4.78, 5) is 23.5. The van der Waals surface area contributed by atoms with Gasteiger partial charge in [0.25, 0.3) is 0 Å². The van der Waals surface area contributed by atoms with E-state index >= 15 is 0 Å². The topological polar surface area (TPSA) is 63.6 Å². The van der Waals surface area contributed by atoms with Gasteiger partial charge in [-0.15, -0.1) is 0 Å². The first kappa shape index (κ1) is 17.4. The van der Waals surface area contributed by atoms with Crippen molar-refractivity contribution in [3.05, 3.63) is 11.1 Å². The minimum Gasteiger partial charge on any atom is -0.478 e. The van der Waals surface area contributed by atoms with Crippen molar-refractivity contribution in [3.63, 3.8) is 0 Å². The number of carboxylic acid groups (broad SMARTS) is 1. The molecule has 124 valence electrons. The lowest BCUT2D eigenvalue weighted by Crippen LogP contribution is -2.48. The highest BCUT2D eigenvalue weighted by Crippen LogP contribution is 2.53. The van der Waals surface area contributed by atoms with Crippen molar-refractivity contribution >= 4 is 20.1 Å². The molecule has 0 aromatic carbocycles. The fraction of sp³-hybridized carbons (Fsp3) is 0.765. The number of carboxylic acids is 1. The Kier molecular flexibility index (Phi) is 4.20. The Morgan fingerprint density at radius 1 is 1.32 bits per heavy atom. The summed E-state index contributed by atoms with van der Waals surface area (Å²) in [5.74, 6) is -1.29. The summed E-state index contributed by atoms with van der Waals surface area (Å²) in [6.07, 6.45) is 2.55. The normalized spacial score (nSPS) is 29.7. The molecule has 1 saturated carbocycles. The lowest BCUT2D eigenvalue weighted by Gasteiger charge is -2.44. The molecule has 0 amide bonds. The quantitative estimate of drug-likeness (QED) is 0.631. The molecule has 0 heterocycles. The Morgan fingerprint density at radius 2 is 1.91 bits per heavy atom. The molecule has 2 atom stereocenters. The monoisotopic (exact) mass is 324 g/mol. The number of fused-ring (bicyclic) bond motifs is 1. The number of aliphatic carboxylic acids is 1. The van der Waals surface area contributed by atoms with Gasteiger partial charge in [-0.2, -0.15) is 0 Å². The highest BCUT2D eigenvalue weighted by molar-refractivity contribution is 6.74. The SMILES string of the molecule is CC(C)(C)[Si](C)(C)O[C@@H]1CCC2=C(C(=O)O)C(=O)CC[C@]21C. The third-order valence-electron chi connectivity index (χ3n) is 5.97. The Labute approximate surface area is 134 Å². The maximum atomic E-state index is 12.0. The van der Waals surface area contributed by atoms with Crippen LogP contribution in [0.25, 0.3) is 0 Å². The van der Waals surface area contributed by atoms with Crippen LogP contribution in [-0.2, 0) is 14.0 Å². The number of Topliss-reactive ketones (excluding diaryl/α,β-unsaturated/α-hetero) is 1. The van der Waals surface area contributed by atoms with Gasteiger partial charge in [0.1, 0.15) is 5.57 Å². The fourth-order valence-electron chi connectivity index (χ4n) is 3.43. The molecule has 2 aliphatic rings. The van der Waals surface area contributed by atoms with Crippen LogP contribution >= 0.6 is 0 Å². The summed E-state index contributed by atoms with van der Waals surface area (Å²) >= 11 is 0. The fourth-order valence-corrected chi connectivity index (χ4v) is 4.88. The highest BCUT2D eigenvalue weighted by Gasteiger charge is 2.52.